The summed E-state index contributed by atoms with van der Waals surface area (Å²) >= 11 is 0. The van der Waals surface area contributed by atoms with Crippen LogP contribution >= 0.6 is 0 Å². The van der Waals surface area contributed by atoms with E-state index in [0.29, 0.717) is 11.6 Å². The number of aromatic nitrogens is 2. The number of nitrogens with one attached hydrogen (secondary N) is 1. The van der Waals surface area contributed by atoms with Gasteiger partial charge in [-0.2, -0.15) is 0 Å². The van der Waals surface area contributed by atoms with E-state index < -0.39 is 0 Å². The van der Waals surface area contributed by atoms with Crippen LogP contribution in [0.15, 0.2) is 60.9 Å². The molecule has 1 N–H and O–H groups in total. The number of para-hydroxylation sites is 1. The number of hydrogen-bond acceptors (Lipinski definition) is 4. The van der Waals surface area contributed by atoms with Crippen LogP contribution in [0.1, 0.15) is 46.9 Å². The predicted octanol–water partition coefficient (Wildman–Crippen LogP) is 4.80. The van der Waals surface area contributed by atoms with E-state index >= 15 is 0 Å². The summed E-state index contributed by atoms with van der Waals surface area (Å²) in [5.41, 5.74) is 4.49. The monoisotopic (exact) mass is 374 g/mol. The Labute approximate surface area is 166 Å². The lowest BCUT2D eigenvalue weighted by molar-refractivity contribution is 0.102. The highest BCUT2D eigenvalue weighted by Gasteiger charge is 2.15. The van der Waals surface area contributed by atoms with E-state index in [2.05, 4.69) is 41.3 Å². The molecule has 3 aromatic rings. The molecule has 0 unspecified atom stereocenters. The second-order valence-electron chi connectivity index (χ2n) is 7.25. The summed E-state index contributed by atoms with van der Waals surface area (Å²) in [4.78, 5) is 23.4. The van der Waals surface area contributed by atoms with Gasteiger partial charge in [0, 0.05) is 19.3 Å². The molecule has 0 atom stereocenters. The standard InChI is InChI=1S/C23H26N4O/c1-16(2)19-12-8-9-17(3)22(19)26-23(28)20-13-25-21(14-24-20)27(4)15-18-10-6-5-7-11-18/h5-14,16H,15H2,1-4H3,(H,26,28). The van der Waals surface area contributed by atoms with Crippen molar-refractivity contribution in [1.82, 2.24) is 9.97 Å². The number of rotatable bonds is 6. The number of amides is 1. The highest BCUT2D eigenvalue weighted by Crippen LogP contribution is 2.27. The first-order valence-electron chi connectivity index (χ1n) is 9.43. The summed E-state index contributed by atoms with van der Waals surface area (Å²) in [6.45, 7) is 6.94. The lowest BCUT2D eigenvalue weighted by atomic mass is 9.98. The Morgan fingerprint density at radius 2 is 1.79 bits per heavy atom. The third kappa shape index (κ3) is 4.55. The van der Waals surface area contributed by atoms with Crippen LogP contribution in [-0.2, 0) is 6.54 Å². The molecule has 1 amide bonds. The highest BCUT2D eigenvalue weighted by atomic mass is 16.1. The van der Waals surface area contributed by atoms with E-state index in [1.807, 2.05) is 55.3 Å². The number of nitrogens with zero attached hydrogens (tertiary/aromatic N) is 3. The Hall–Kier alpha value is -3.21. The van der Waals surface area contributed by atoms with Gasteiger partial charge in [-0.05, 0) is 29.5 Å². The fraction of sp³-hybridized carbons (Fsp3) is 0.261. The van der Waals surface area contributed by atoms with Crippen molar-refractivity contribution in [3.05, 3.63) is 83.3 Å². The first-order valence-corrected chi connectivity index (χ1v) is 9.43. The molecule has 0 bridgehead atoms. The van der Waals surface area contributed by atoms with Gasteiger partial charge in [0.1, 0.15) is 11.5 Å². The minimum absolute atomic E-state index is 0.249. The molecular weight excluding hydrogens is 348 g/mol. The quantitative estimate of drug-likeness (QED) is 0.673. The maximum absolute atomic E-state index is 12.7. The molecule has 0 fully saturated rings. The second-order valence-corrected chi connectivity index (χ2v) is 7.25. The minimum atomic E-state index is -0.249. The number of hydrogen-bond donors (Lipinski definition) is 1. The van der Waals surface area contributed by atoms with E-state index in [1.165, 1.54) is 11.8 Å². The van der Waals surface area contributed by atoms with Crippen LogP contribution in [0.25, 0.3) is 0 Å². The summed E-state index contributed by atoms with van der Waals surface area (Å²) < 4.78 is 0. The Morgan fingerprint density at radius 3 is 2.43 bits per heavy atom. The lowest BCUT2D eigenvalue weighted by Crippen LogP contribution is -2.20. The van der Waals surface area contributed by atoms with Crippen molar-refractivity contribution < 1.29 is 4.79 Å². The minimum Gasteiger partial charge on any atom is -0.354 e. The van der Waals surface area contributed by atoms with Gasteiger partial charge in [0.15, 0.2) is 0 Å². The van der Waals surface area contributed by atoms with Crippen molar-refractivity contribution in [1.29, 1.82) is 0 Å². The van der Waals surface area contributed by atoms with Gasteiger partial charge in [0.2, 0.25) is 0 Å². The average molecular weight is 374 g/mol. The molecule has 0 aliphatic rings. The number of anilines is 2. The predicted molar refractivity (Wildman–Crippen MR) is 114 cm³/mol. The van der Waals surface area contributed by atoms with Crippen LogP contribution in [0.2, 0.25) is 0 Å². The molecule has 144 valence electrons. The molecule has 5 heteroatoms. The molecule has 1 heterocycles. The zero-order valence-electron chi connectivity index (χ0n) is 16.8. The van der Waals surface area contributed by atoms with E-state index in [-0.39, 0.29) is 5.91 Å². The van der Waals surface area contributed by atoms with Gasteiger partial charge in [0.05, 0.1) is 12.4 Å². The van der Waals surface area contributed by atoms with E-state index in [9.17, 15) is 4.79 Å². The van der Waals surface area contributed by atoms with Crippen LogP contribution in [0.5, 0.6) is 0 Å². The molecule has 0 saturated carbocycles. The summed E-state index contributed by atoms with van der Waals surface area (Å²) in [5.74, 6) is 0.787. The number of carbonyl (C=O) groups is 1. The normalized spacial score (nSPS) is 10.8. The smallest absolute Gasteiger partial charge is 0.275 e. The maximum atomic E-state index is 12.7. The highest BCUT2D eigenvalue weighted by molar-refractivity contribution is 6.03. The molecule has 2 aromatic carbocycles. The molecule has 0 spiro atoms. The first-order chi connectivity index (χ1) is 13.5. The summed E-state index contributed by atoms with van der Waals surface area (Å²) in [5, 5.41) is 3.01. The number of benzene rings is 2. The van der Waals surface area contributed by atoms with Crippen molar-refractivity contribution in [3.63, 3.8) is 0 Å². The third-order valence-corrected chi connectivity index (χ3v) is 4.69. The SMILES string of the molecule is Cc1cccc(C(C)C)c1NC(=O)c1cnc(N(C)Cc2ccccc2)cn1. The Morgan fingerprint density at radius 1 is 1.04 bits per heavy atom. The summed E-state index contributed by atoms with van der Waals surface area (Å²) in [7, 11) is 1.96. The van der Waals surface area contributed by atoms with Gasteiger partial charge >= 0.3 is 0 Å². The van der Waals surface area contributed by atoms with Gasteiger partial charge in [0.25, 0.3) is 5.91 Å². The lowest BCUT2D eigenvalue weighted by Gasteiger charge is -2.18. The molecule has 28 heavy (non-hydrogen) atoms. The first kappa shape index (κ1) is 19.5. The largest absolute Gasteiger partial charge is 0.354 e. The summed E-state index contributed by atoms with van der Waals surface area (Å²) in [6.07, 6.45) is 3.17. The zero-order valence-corrected chi connectivity index (χ0v) is 16.8. The second kappa shape index (κ2) is 8.65. The number of carbonyl (C=O) groups excluding carboxylic acids is 1. The van der Waals surface area contributed by atoms with Gasteiger partial charge in [-0.3, -0.25) is 4.79 Å². The Balaban J connectivity index is 1.72. The molecular formula is C23H26N4O. The molecule has 0 saturated heterocycles. The van der Waals surface area contributed by atoms with Crippen LogP contribution in [0.4, 0.5) is 11.5 Å². The van der Waals surface area contributed by atoms with Crippen molar-refractivity contribution in [2.45, 2.75) is 33.2 Å². The van der Waals surface area contributed by atoms with Crippen LogP contribution < -0.4 is 10.2 Å². The van der Waals surface area contributed by atoms with E-state index in [0.717, 1.165) is 29.2 Å². The summed E-state index contributed by atoms with van der Waals surface area (Å²) in [6, 6.07) is 16.2. The molecule has 5 nitrogen and oxygen atoms in total. The van der Waals surface area contributed by atoms with Crippen molar-refractivity contribution in [3.8, 4) is 0 Å². The molecule has 0 aliphatic heterocycles. The van der Waals surface area contributed by atoms with Gasteiger partial charge in [-0.25, -0.2) is 9.97 Å². The Bertz CT molecular complexity index is 937. The van der Waals surface area contributed by atoms with Gasteiger partial charge < -0.3 is 10.2 Å². The molecule has 3 rings (SSSR count). The van der Waals surface area contributed by atoms with Crippen molar-refractivity contribution in [2.75, 3.05) is 17.3 Å². The van der Waals surface area contributed by atoms with Gasteiger partial charge in [-0.1, -0.05) is 62.4 Å². The molecule has 1 aromatic heterocycles. The fourth-order valence-corrected chi connectivity index (χ4v) is 3.09. The average Bonchev–Trinajstić information content (AvgIpc) is 2.70. The molecule has 0 radical (unpaired) electrons. The van der Waals surface area contributed by atoms with Crippen molar-refractivity contribution >= 4 is 17.4 Å². The topological polar surface area (TPSA) is 58.1 Å². The van der Waals surface area contributed by atoms with E-state index in [1.54, 1.807) is 6.20 Å². The van der Waals surface area contributed by atoms with E-state index in [4.69, 9.17) is 0 Å². The zero-order chi connectivity index (χ0) is 20.1. The number of aryl methyl sites for hydroxylation is 1. The van der Waals surface area contributed by atoms with Crippen LogP contribution in [-0.4, -0.2) is 22.9 Å². The maximum Gasteiger partial charge on any atom is 0.275 e. The van der Waals surface area contributed by atoms with Crippen LogP contribution in [0.3, 0.4) is 0 Å². The van der Waals surface area contributed by atoms with Crippen molar-refractivity contribution in [2.24, 2.45) is 0 Å². The van der Waals surface area contributed by atoms with Crippen LogP contribution in [0, 0.1) is 6.92 Å². The fourth-order valence-electron chi connectivity index (χ4n) is 3.09. The molecule has 0 aliphatic carbocycles. The van der Waals surface area contributed by atoms with Gasteiger partial charge in [-0.15, -0.1) is 0 Å². The third-order valence-electron chi connectivity index (χ3n) is 4.69. The Kier molecular flexibility index (Phi) is 6.04.